The first-order valence-electron chi connectivity index (χ1n) is 3.78. The average molecular weight is 161 g/mol. The molecule has 2 N–H and O–H groups in total. The number of benzene rings is 1. The SMILES string of the molecule is C1=Cc2ccccc2C1.NC=O. The van der Waals surface area contributed by atoms with Crippen LogP contribution in [-0.2, 0) is 11.2 Å². The molecule has 0 fully saturated rings. The quantitative estimate of drug-likeness (QED) is 0.573. The predicted molar refractivity (Wildman–Crippen MR) is 49.4 cm³/mol. The molecule has 2 rings (SSSR count). The first-order chi connectivity index (χ1) is 5.88. The van der Waals surface area contributed by atoms with Crippen molar-refractivity contribution in [1.29, 1.82) is 0 Å². The maximum atomic E-state index is 8.58. The normalized spacial score (nSPS) is 11.3. The third-order valence-corrected chi connectivity index (χ3v) is 1.69. The highest BCUT2D eigenvalue weighted by Gasteiger charge is 2.00. The first kappa shape index (κ1) is 8.53. The molecule has 0 saturated carbocycles. The summed E-state index contributed by atoms with van der Waals surface area (Å²) >= 11 is 0. The second-order valence-corrected chi connectivity index (χ2v) is 2.44. The number of nitrogens with two attached hydrogens (primary N) is 1. The molecule has 0 bridgehead atoms. The van der Waals surface area contributed by atoms with Gasteiger partial charge < -0.3 is 5.73 Å². The fourth-order valence-corrected chi connectivity index (χ4v) is 1.20. The van der Waals surface area contributed by atoms with Gasteiger partial charge in [0.25, 0.3) is 0 Å². The molecule has 1 aromatic carbocycles. The van der Waals surface area contributed by atoms with Gasteiger partial charge in [-0.1, -0.05) is 36.4 Å². The molecular weight excluding hydrogens is 150 g/mol. The van der Waals surface area contributed by atoms with Gasteiger partial charge in [0.2, 0.25) is 6.41 Å². The van der Waals surface area contributed by atoms with Crippen LogP contribution in [0.2, 0.25) is 0 Å². The zero-order valence-corrected chi connectivity index (χ0v) is 6.73. The Morgan fingerprint density at radius 3 is 2.67 bits per heavy atom. The summed E-state index contributed by atoms with van der Waals surface area (Å²) in [5.74, 6) is 0. The lowest BCUT2D eigenvalue weighted by Crippen LogP contribution is -1.82. The number of allylic oxidation sites excluding steroid dienone is 1. The number of carbonyl (C=O) groups is 1. The molecular formula is C10H11NO. The van der Waals surface area contributed by atoms with Crippen molar-refractivity contribution >= 4 is 12.5 Å². The molecule has 0 aliphatic heterocycles. The molecule has 62 valence electrons. The van der Waals surface area contributed by atoms with E-state index in [1.165, 1.54) is 11.1 Å². The molecule has 1 aromatic rings. The molecule has 0 atom stereocenters. The largest absolute Gasteiger partial charge is 0.372 e. The van der Waals surface area contributed by atoms with Crippen LogP contribution in [0.5, 0.6) is 0 Å². The molecule has 1 aliphatic rings. The van der Waals surface area contributed by atoms with Crippen LogP contribution in [0.15, 0.2) is 30.3 Å². The van der Waals surface area contributed by atoms with Crippen molar-refractivity contribution in [2.75, 3.05) is 0 Å². The Kier molecular flexibility index (Phi) is 3.08. The van der Waals surface area contributed by atoms with Gasteiger partial charge in [0.05, 0.1) is 0 Å². The number of carbonyl (C=O) groups excluding carboxylic acids is 1. The van der Waals surface area contributed by atoms with Crippen LogP contribution in [0.1, 0.15) is 11.1 Å². The molecule has 0 saturated heterocycles. The van der Waals surface area contributed by atoms with E-state index in [2.05, 4.69) is 42.2 Å². The van der Waals surface area contributed by atoms with Crippen LogP contribution in [0.3, 0.4) is 0 Å². The van der Waals surface area contributed by atoms with E-state index < -0.39 is 0 Å². The van der Waals surface area contributed by atoms with Gasteiger partial charge >= 0.3 is 0 Å². The van der Waals surface area contributed by atoms with Crippen LogP contribution >= 0.6 is 0 Å². The minimum atomic E-state index is 0.250. The summed E-state index contributed by atoms with van der Waals surface area (Å²) in [6, 6.07) is 8.49. The van der Waals surface area contributed by atoms with Crippen LogP contribution in [0.25, 0.3) is 6.08 Å². The standard InChI is InChI=1S/C9H8.CH3NO/c1-2-5-9-7-3-6-8(9)4-1;2-1-3/h1-6H,7H2;1H,(H2,2,3). The average Bonchev–Trinajstić information content (AvgIpc) is 2.52. The second-order valence-electron chi connectivity index (χ2n) is 2.44. The van der Waals surface area contributed by atoms with Crippen LogP contribution < -0.4 is 5.73 Å². The summed E-state index contributed by atoms with van der Waals surface area (Å²) in [6.45, 7) is 0. The van der Waals surface area contributed by atoms with E-state index in [1.807, 2.05) is 0 Å². The lowest BCUT2D eigenvalue weighted by Gasteiger charge is -1.93. The minimum absolute atomic E-state index is 0.250. The minimum Gasteiger partial charge on any atom is -0.372 e. The van der Waals surface area contributed by atoms with Gasteiger partial charge in [0, 0.05) is 0 Å². The smallest absolute Gasteiger partial charge is 0.204 e. The Bertz CT molecular complexity index is 292. The Morgan fingerprint density at radius 2 is 2.00 bits per heavy atom. The highest BCUT2D eigenvalue weighted by atomic mass is 16.1. The topological polar surface area (TPSA) is 43.1 Å². The van der Waals surface area contributed by atoms with E-state index in [-0.39, 0.29) is 6.41 Å². The Morgan fingerprint density at radius 1 is 1.33 bits per heavy atom. The monoisotopic (exact) mass is 161 g/mol. The number of amides is 1. The molecule has 0 spiro atoms. The summed E-state index contributed by atoms with van der Waals surface area (Å²) < 4.78 is 0. The number of hydrogen-bond donors (Lipinski definition) is 1. The zero-order valence-electron chi connectivity index (χ0n) is 6.73. The zero-order chi connectivity index (χ0) is 8.81. The van der Waals surface area contributed by atoms with Gasteiger partial charge in [-0.2, -0.15) is 0 Å². The van der Waals surface area contributed by atoms with Crippen molar-refractivity contribution in [1.82, 2.24) is 0 Å². The first-order valence-corrected chi connectivity index (χ1v) is 3.78. The van der Waals surface area contributed by atoms with Crippen molar-refractivity contribution in [3.05, 3.63) is 41.5 Å². The second kappa shape index (κ2) is 4.34. The fraction of sp³-hybridized carbons (Fsp3) is 0.100. The van der Waals surface area contributed by atoms with E-state index >= 15 is 0 Å². The van der Waals surface area contributed by atoms with E-state index in [0.717, 1.165) is 6.42 Å². The number of rotatable bonds is 0. The Balaban J connectivity index is 0.000000213. The molecule has 2 heteroatoms. The van der Waals surface area contributed by atoms with E-state index in [0.29, 0.717) is 0 Å². The van der Waals surface area contributed by atoms with Crippen LogP contribution in [0.4, 0.5) is 0 Å². The number of fused-ring (bicyclic) bond motifs is 1. The molecule has 0 unspecified atom stereocenters. The summed E-state index contributed by atoms with van der Waals surface area (Å²) in [5.41, 5.74) is 7.01. The highest BCUT2D eigenvalue weighted by molar-refractivity contribution is 5.59. The Labute approximate surface area is 71.7 Å². The fourth-order valence-electron chi connectivity index (χ4n) is 1.20. The maximum absolute atomic E-state index is 8.58. The van der Waals surface area contributed by atoms with E-state index in [9.17, 15) is 0 Å². The molecule has 0 aromatic heterocycles. The third kappa shape index (κ3) is 1.95. The highest BCUT2D eigenvalue weighted by Crippen LogP contribution is 2.17. The van der Waals surface area contributed by atoms with Crippen molar-refractivity contribution in [2.45, 2.75) is 6.42 Å². The maximum Gasteiger partial charge on any atom is 0.204 e. The van der Waals surface area contributed by atoms with Gasteiger partial charge in [-0.25, -0.2) is 0 Å². The Hall–Kier alpha value is -1.57. The summed E-state index contributed by atoms with van der Waals surface area (Å²) in [7, 11) is 0. The molecule has 12 heavy (non-hydrogen) atoms. The van der Waals surface area contributed by atoms with Crippen molar-refractivity contribution in [3.63, 3.8) is 0 Å². The van der Waals surface area contributed by atoms with Crippen molar-refractivity contribution in [3.8, 4) is 0 Å². The summed E-state index contributed by atoms with van der Waals surface area (Å²) in [6.07, 6.45) is 5.75. The van der Waals surface area contributed by atoms with E-state index in [1.54, 1.807) is 0 Å². The molecule has 0 heterocycles. The van der Waals surface area contributed by atoms with Crippen molar-refractivity contribution < 1.29 is 4.79 Å². The van der Waals surface area contributed by atoms with Gasteiger partial charge in [-0.3, -0.25) is 4.79 Å². The van der Waals surface area contributed by atoms with Crippen LogP contribution in [0, 0.1) is 0 Å². The molecule has 1 amide bonds. The van der Waals surface area contributed by atoms with E-state index in [4.69, 9.17) is 4.79 Å². The predicted octanol–water partition coefficient (Wildman–Crippen LogP) is 1.36. The molecule has 0 radical (unpaired) electrons. The molecule has 1 aliphatic carbocycles. The van der Waals surface area contributed by atoms with Gasteiger partial charge in [-0.15, -0.1) is 0 Å². The summed E-state index contributed by atoms with van der Waals surface area (Å²) in [5, 5.41) is 0. The lowest BCUT2D eigenvalue weighted by molar-refractivity contribution is -0.106. The molecule has 2 nitrogen and oxygen atoms in total. The van der Waals surface area contributed by atoms with Crippen molar-refractivity contribution in [2.24, 2.45) is 5.73 Å². The van der Waals surface area contributed by atoms with Crippen LogP contribution in [-0.4, -0.2) is 6.41 Å². The van der Waals surface area contributed by atoms with Gasteiger partial charge in [0.1, 0.15) is 0 Å². The lowest BCUT2D eigenvalue weighted by atomic mass is 10.1. The number of primary amides is 1. The summed E-state index contributed by atoms with van der Waals surface area (Å²) in [4.78, 5) is 8.58. The van der Waals surface area contributed by atoms with Gasteiger partial charge in [-0.05, 0) is 17.5 Å². The van der Waals surface area contributed by atoms with Gasteiger partial charge in [0.15, 0.2) is 0 Å². The number of hydrogen-bond acceptors (Lipinski definition) is 1. The third-order valence-electron chi connectivity index (χ3n) is 1.69.